The molecule has 0 heterocycles. The highest BCUT2D eigenvalue weighted by Crippen LogP contribution is 2.38. The molecule has 0 spiro atoms. The van der Waals surface area contributed by atoms with Crippen molar-refractivity contribution in [2.45, 2.75) is 11.8 Å². The Morgan fingerprint density at radius 3 is 2.27 bits per heavy atom. The van der Waals surface area contributed by atoms with Crippen LogP contribution in [0.1, 0.15) is 5.56 Å². The summed E-state index contributed by atoms with van der Waals surface area (Å²) in [4.78, 5) is 0. The lowest BCUT2D eigenvalue weighted by atomic mass is 10.1. The molecule has 0 aliphatic rings. The molecule has 15 heavy (non-hydrogen) atoms. The van der Waals surface area contributed by atoms with Gasteiger partial charge in [0.15, 0.2) is 0 Å². The van der Waals surface area contributed by atoms with Gasteiger partial charge >= 0.3 is 0 Å². The average Bonchev–Trinajstić information content (AvgIpc) is 2.22. The minimum atomic E-state index is -0.671. The van der Waals surface area contributed by atoms with Gasteiger partial charge in [0.2, 0.25) is 0 Å². The van der Waals surface area contributed by atoms with Crippen molar-refractivity contribution in [3.05, 3.63) is 31.7 Å². The number of rotatable bonds is 2. The molecular weight excluding hydrogens is 299 g/mol. The molecule has 1 aromatic rings. The van der Waals surface area contributed by atoms with Crippen molar-refractivity contribution >= 4 is 58.0 Å². The maximum atomic E-state index is 8.56. The molecule has 0 fully saturated rings. The van der Waals surface area contributed by atoms with Gasteiger partial charge in [-0.25, -0.2) is 0 Å². The zero-order valence-corrected chi connectivity index (χ0v) is 11.0. The second kappa shape index (κ2) is 5.48. The molecule has 0 radical (unpaired) electrons. The summed E-state index contributed by atoms with van der Waals surface area (Å²) in [6, 6.07) is 3.44. The minimum absolute atomic E-state index is 0.183. The summed E-state index contributed by atoms with van der Waals surface area (Å²) < 4.78 is 0. The SMILES string of the molecule is N#CC(Cl)Cc1cc(Cl)c(Cl)c(Cl)c1Cl. The molecule has 0 saturated heterocycles. The van der Waals surface area contributed by atoms with Gasteiger partial charge in [-0.15, -0.1) is 11.6 Å². The van der Waals surface area contributed by atoms with Crippen molar-refractivity contribution in [2.75, 3.05) is 0 Å². The third-order valence-corrected chi connectivity index (χ3v) is 3.76. The van der Waals surface area contributed by atoms with Crippen LogP contribution in [0, 0.1) is 11.3 Å². The van der Waals surface area contributed by atoms with E-state index in [9.17, 15) is 0 Å². The zero-order valence-electron chi connectivity index (χ0n) is 7.20. The van der Waals surface area contributed by atoms with Crippen molar-refractivity contribution in [3.8, 4) is 6.07 Å². The van der Waals surface area contributed by atoms with E-state index in [1.807, 2.05) is 6.07 Å². The van der Waals surface area contributed by atoms with Gasteiger partial charge in [0.1, 0.15) is 5.38 Å². The summed E-state index contributed by atoms with van der Waals surface area (Å²) in [7, 11) is 0. The van der Waals surface area contributed by atoms with Gasteiger partial charge < -0.3 is 0 Å². The average molecular weight is 303 g/mol. The number of hydrogen-bond acceptors (Lipinski definition) is 1. The topological polar surface area (TPSA) is 23.8 Å². The number of halogens is 5. The highest BCUT2D eigenvalue weighted by molar-refractivity contribution is 6.52. The summed E-state index contributed by atoms with van der Waals surface area (Å²) >= 11 is 29.0. The van der Waals surface area contributed by atoms with E-state index in [4.69, 9.17) is 63.3 Å². The Morgan fingerprint density at radius 1 is 1.13 bits per heavy atom. The fourth-order valence-electron chi connectivity index (χ4n) is 1.01. The van der Waals surface area contributed by atoms with Crippen LogP contribution in [-0.2, 0) is 6.42 Å². The first kappa shape index (κ1) is 13.2. The molecule has 0 aliphatic heterocycles. The second-order valence-corrected chi connectivity index (χ2v) is 4.83. The Hall–Kier alpha value is 0.160. The summed E-state index contributed by atoms with van der Waals surface area (Å²) in [5.41, 5.74) is 0.609. The van der Waals surface area contributed by atoms with Gasteiger partial charge in [-0.2, -0.15) is 5.26 Å². The number of nitriles is 1. The molecular formula is C9H4Cl5N. The normalized spacial score (nSPS) is 12.3. The molecule has 0 amide bonds. The van der Waals surface area contributed by atoms with Crippen molar-refractivity contribution in [3.63, 3.8) is 0 Å². The lowest BCUT2D eigenvalue weighted by Crippen LogP contribution is -2.00. The van der Waals surface area contributed by atoms with E-state index in [0.29, 0.717) is 10.6 Å². The van der Waals surface area contributed by atoms with Crippen LogP contribution in [-0.4, -0.2) is 5.38 Å². The molecule has 0 bridgehead atoms. The maximum absolute atomic E-state index is 8.56. The predicted molar refractivity (Wildman–Crippen MR) is 65.4 cm³/mol. The molecule has 1 aromatic carbocycles. The van der Waals surface area contributed by atoms with Crippen LogP contribution >= 0.6 is 58.0 Å². The molecule has 1 atom stereocenters. The minimum Gasteiger partial charge on any atom is -0.197 e. The Morgan fingerprint density at radius 2 is 1.73 bits per heavy atom. The van der Waals surface area contributed by atoms with E-state index in [0.717, 1.165) is 0 Å². The van der Waals surface area contributed by atoms with Crippen LogP contribution in [0.15, 0.2) is 6.07 Å². The summed E-state index contributed by atoms with van der Waals surface area (Å²) in [6.45, 7) is 0. The fraction of sp³-hybridized carbons (Fsp3) is 0.222. The largest absolute Gasteiger partial charge is 0.197 e. The summed E-state index contributed by atoms with van der Waals surface area (Å²) in [5, 5.41) is 8.86. The number of nitrogens with zero attached hydrogens (tertiary/aromatic N) is 1. The van der Waals surface area contributed by atoms with Gasteiger partial charge in [0, 0.05) is 6.42 Å². The molecule has 0 saturated carbocycles. The van der Waals surface area contributed by atoms with Crippen molar-refractivity contribution < 1.29 is 0 Å². The van der Waals surface area contributed by atoms with Gasteiger partial charge in [0.25, 0.3) is 0 Å². The van der Waals surface area contributed by atoms with Crippen molar-refractivity contribution in [1.82, 2.24) is 0 Å². The lowest BCUT2D eigenvalue weighted by Gasteiger charge is -2.09. The third kappa shape index (κ3) is 3.06. The predicted octanol–water partition coefficient (Wildman–Crippen LogP) is 4.97. The molecule has 80 valence electrons. The lowest BCUT2D eigenvalue weighted by molar-refractivity contribution is 1.02. The fourth-order valence-corrected chi connectivity index (χ4v) is 2.10. The van der Waals surface area contributed by atoms with E-state index in [-0.39, 0.29) is 21.5 Å². The Labute approximate surface area is 112 Å². The van der Waals surface area contributed by atoms with Gasteiger partial charge in [-0.3, -0.25) is 0 Å². The standard InChI is InChI=1S/C9H4Cl5N/c10-5(3-15)1-4-2-6(11)8(13)9(14)7(4)12/h2,5H,1H2. The quantitative estimate of drug-likeness (QED) is 0.430. The highest BCUT2D eigenvalue weighted by atomic mass is 35.5. The maximum Gasteiger partial charge on any atom is 0.124 e. The van der Waals surface area contributed by atoms with E-state index < -0.39 is 5.38 Å². The van der Waals surface area contributed by atoms with Crippen LogP contribution in [0.2, 0.25) is 20.1 Å². The smallest absolute Gasteiger partial charge is 0.124 e. The molecule has 0 aliphatic carbocycles. The highest BCUT2D eigenvalue weighted by Gasteiger charge is 2.15. The Bertz CT molecular complexity index is 423. The molecule has 0 aromatic heterocycles. The van der Waals surface area contributed by atoms with Gasteiger partial charge in [-0.05, 0) is 11.6 Å². The Kier molecular flexibility index (Phi) is 4.83. The van der Waals surface area contributed by atoms with Crippen LogP contribution in [0.3, 0.4) is 0 Å². The third-order valence-electron chi connectivity index (χ3n) is 1.72. The summed E-state index contributed by atoms with van der Waals surface area (Å²) in [5.74, 6) is 0. The Balaban J connectivity index is 3.16. The van der Waals surface area contributed by atoms with Gasteiger partial charge in [-0.1, -0.05) is 46.4 Å². The van der Waals surface area contributed by atoms with E-state index in [1.54, 1.807) is 6.07 Å². The van der Waals surface area contributed by atoms with Gasteiger partial charge in [0.05, 0.1) is 26.2 Å². The van der Waals surface area contributed by atoms with Crippen LogP contribution < -0.4 is 0 Å². The first-order chi connectivity index (χ1) is 6.97. The van der Waals surface area contributed by atoms with E-state index in [2.05, 4.69) is 0 Å². The second-order valence-electron chi connectivity index (χ2n) is 2.76. The number of benzene rings is 1. The van der Waals surface area contributed by atoms with E-state index >= 15 is 0 Å². The van der Waals surface area contributed by atoms with Crippen molar-refractivity contribution in [2.24, 2.45) is 0 Å². The molecule has 1 nitrogen and oxygen atoms in total. The summed E-state index contributed by atoms with van der Waals surface area (Å²) in [6.07, 6.45) is 0.271. The van der Waals surface area contributed by atoms with E-state index in [1.165, 1.54) is 0 Å². The first-order valence-corrected chi connectivity index (χ1v) is 5.77. The van der Waals surface area contributed by atoms with Crippen LogP contribution in [0.4, 0.5) is 0 Å². The number of alkyl halides is 1. The van der Waals surface area contributed by atoms with Crippen molar-refractivity contribution in [1.29, 1.82) is 5.26 Å². The van der Waals surface area contributed by atoms with Crippen LogP contribution in [0.25, 0.3) is 0 Å². The zero-order chi connectivity index (χ0) is 11.6. The molecule has 6 heteroatoms. The number of hydrogen-bond donors (Lipinski definition) is 0. The monoisotopic (exact) mass is 301 g/mol. The molecule has 0 N–H and O–H groups in total. The first-order valence-electron chi connectivity index (χ1n) is 3.83. The molecule has 1 rings (SSSR count). The molecule has 1 unspecified atom stereocenters. The van der Waals surface area contributed by atoms with Crippen LogP contribution in [0.5, 0.6) is 0 Å².